The largest absolute Gasteiger partial charge is 0.465 e. The van der Waals surface area contributed by atoms with E-state index in [1.807, 2.05) is 6.92 Å². The number of carbonyl (C=O) groups is 2. The summed E-state index contributed by atoms with van der Waals surface area (Å²) in [6, 6.07) is 1.33. The zero-order chi connectivity index (χ0) is 16.0. The molecule has 1 heterocycles. The monoisotopic (exact) mass is 334 g/mol. The van der Waals surface area contributed by atoms with Crippen molar-refractivity contribution in [3.63, 3.8) is 0 Å². The van der Waals surface area contributed by atoms with Gasteiger partial charge in [-0.2, -0.15) is 4.31 Å². The van der Waals surface area contributed by atoms with Gasteiger partial charge in [0.15, 0.2) is 0 Å². The van der Waals surface area contributed by atoms with E-state index in [0.29, 0.717) is 6.42 Å². The second-order valence-corrected chi connectivity index (χ2v) is 7.09. The van der Waals surface area contributed by atoms with E-state index in [1.54, 1.807) is 0 Å². The normalized spacial score (nSPS) is 11.6. The number of sulfonamides is 1. The van der Waals surface area contributed by atoms with Crippen LogP contribution in [0.25, 0.3) is 0 Å². The summed E-state index contributed by atoms with van der Waals surface area (Å²) < 4.78 is 30.7. The SMILES string of the molecule is CCCCN(CC(N)=O)S(=O)(=O)c1ccsc1C(=O)OC. The van der Waals surface area contributed by atoms with Gasteiger partial charge in [0.1, 0.15) is 9.77 Å². The van der Waals surface area contributed by atoms with Gasteiger partial charge in [0, 0.05) is 6.54 Å². The number of esters is 1. The van der Waals surface area contributed by atoms with Crippen LogP contribution in [-0.2, 0) is 19.6 Å². The summed E-state index contributed by atoms with van der Waals surface area (Å²) in [5.41, 5.74) is 5.11. The van der Waals surface area contributed by atoms with E-state index >= 15 is 0 Å². The topological polar surface area (TPSA) is 107 Å². The molecule has 1 rings (SSSR count). The van der Waals surface area contributed by atoms with Gasteiger partial charge < -0.3 is 10.5 Å². The Bertz CT molecular complexity index is 609. The number of nitrogens with zero attached hydrogens (tertiary/aromatic N) is 1. The Morgan fingerprint density at radius 2 is 2.10 bits per heavy atom. The van der Waals surface area contributed by atoms with Crippen LogP contribution in [-0.4, -0.2) is 44.8 Å². The van der Waals surface area contributed by atoms with Crippen molar-refractivity contribution in [3.05, 3.63) is 16.3 Å². The smallest absolute Gasteiger partial charge is 0.349 e. The molecule has 1 aromatic rings. The van der Waals surface area contributed by atoms with Crippen molar-refractivity contribution in [2.75, 3.05) is 20.2 Å². The van der Waals surface area contributed by atoms with Crippen molar-refractivity contribution in [3.8, 4) is 0 Å². The summed E-state index contributed by atoms with van der Waals surface area (Å²) in [5.74, 6) is -1.47. The molecule has 0 spiro atoms. The third-order valence-electron chi connectivity index (χ3n) is 2.71. The van der Waals surface area contributed by atoms with E-state index in [4.69, 9.17) is 5.73 Å². The molecule has 0 aliphatic heterocycles. The van der Waals surface area contributed by atoms with Crippen molar-refractivity contribution in [1.29, 1.82) is 0 Å². The Balaban J connectivity index is 3.19. The number of thiophene rings is 1. The highest BCUT2D eigenvalue weighted by molar-refractivity contribution is 7.89. The standard InChI is InChI=1S/C12H18N2O5S2/c1-3-4-6-14(8-10(13)15)21(17,18)9-5-7-20-11(9)12(16)19-2/h5,7H,3-4,6,8H2,1-2H3,(H2,13,15). The molecule has 2 N–H and O–H groups in total. The number of primary amides is 1. The second-order valence-electron chi connectivity index (χ2n) is 4.26. The van der Waals surface area contributed by atoms with E-state index in [9.17, 15) is 18.0 Å². The second kappa shape index (κ2) is 7.53. The molecule has 0 aliphatic rings. The molecule has 0 aromatic carbocycles. The summed E-state index contributed by atoms with van der Waals surface area (Å²) in [6.07, 6.45) is 1.35. The maximum absolute atomic E-state index is 12.6. The minimum Gasteiger partial charge on any atom is -0.465 e. The summed E-state index contributed by atoms with van der Waals surface area (Å²) in [4.78, 5) is 22.5. The average Bonchev–Trinajstić information content (AvgIpc) is 2.92. The predicted octanol–water partition coefficient (Wildman–Crippen LogP) is 0.811. The summed E-state index contributed by atoms with van der Waals surface area (Å²) >= 11 is 0.973. The first-order valence-corrected chi connectivity index (χ1v) is 8.60. The number of unbranched alkanes of at least 4 members (excludes halogenated alkanes) is 1. The van der Waals surface area contributed by atoms with Crippen LogP contribution in [0.5, 0.6) is 0 Å². The van der Waals surface area contributed by atoms with Gasteiger partial charge in [-0.3, -0.25) is 4.79 Å². The number of ether oxygens (including phenoxy) is 1. The minimum absolute atomic E-state index is 0.0107. The van der Waals surface area contributed by atoms with Crippen LogP contribution in [0.4, 0.5) is 0 Å². The Labute approximate surface area is 127 Å². The average molecular weight is 334 g/mol. The lowest BCUT2D eigenvalue weighted by Crippen LogP contribution is -2.39. The lowest BCUT2D eigenvalue weighted by Gasteiger charge is -2.20. The fourth-order valence-corrected chi connectivity index (χ4v) is 4.43. The molecular formula is C12H18N2O5S2. The van der Waals surface area contributed by atoms with Gasteiger partial charge in [0.25, 0.3) is 0 Å². The lowest BCUT2D eigenvalue weighted by molar-refractivity contribution is -0.118. The minimum atomic E-state index is -3.97. The molecule has 0 fully saturated rings. The molecule has 21 heavy (non-hydrogen) atoms. The van der Waals surface area contributed by atoms with Crippen molar-refractivity contribution in [2.24, 2.45) is 5.73 Å². The third kappa shape index (κ3) is 4.26. The molecule has 0 atom stereocenters. The lowest BCUT2D eigenvalue weighted by atomic mass is 10.3. The molecular weight excluding hydrogens is 316 g/mol. The molecule has 0 bridgehead atoms. The summed E-state index contributed by atoms with van der Waals surface area (Å²) in [5, 5.41) is 1.49. The molecule has 0 radical (unpaired) electrons. The van der Waals surface area contributed by atoms with E-state index in [0.717, 1.165) is 22.1 Å². The number of hydrogen-bond acceptors (Lipinski definition) is 6. The van der Waals surface area contributed by atoms with Crippen LogP contribution in [0.15, 0.2) is 16.3 Å². The van der Waals surface area contributed by atoms with E-state index < -0.39 is 28.4 Å². The number of carbonyl (C=O) groups excluding carboxylic acids is 2. The molecule has 118 valence electrons. The molecule has 7 nitrogen and oxygen atoms in total. The maximum Gasteiger partial charge on any atom is 0.349 e. The maximum atomic E-state index is 12.6. The van der Waals surface area contributed by atoms with Gasteiger partial charge in [-0.05, 0) is 17.9 Å². The number of methoxy groups -OCH3 is 1. The van der Waals surface area contributed by atoms with Gasteiger partial charge in [0.05, 0.1) is 13.7 Å². The van der Waals surface area contributed by atoms with Gasteiger partial charge in [-0.25, -0.2) is 13.2 Å². The molecule has 1 aromatic heterocycles. The quantitative estimate of drug-likeness (QED) is 0.708. The van der Waals surface area contributed by atoms with Crippen molar-refractivity contribution < 1.29 is 22.7 Å². The molecule has 0 saturated carbocycles. The van der Waals surface area contributed by atoms with E-state index in [-0.39, 0.29) is 16.3 Å². The number of rotatable bonds is 8. The van der Waals surface area contributed by atoms with Gasteiger partial charge in [-0.1, -0.05) is 13.3 Å². The third-order valence-corrected chi connectivity index (χ3v) is 5.62. The van der Waals surface area contributed by atoms with Crippen LogP contribution in [0.3, 0.4) is 0 Å². The molecule has 0 unspecified atom stereocenters. The first-order chi connectivity index (χ1) is 9.84. The fraction of sp³-hybridized carbons (Fsp3) is 0.500. The first-order valence-electron chi connectivity index (χ1n) is 6.28. The van der Waals surface area contributed by atoms with Crippen LogP contribution < -0.4 is 5.73 Å². The highest BCUT2D eigenvalue weighted by Crippen LogP contribution is 2.26. The zero-order valence-corrected chi connectivity index (χ0v) is 13.5. The van der Waals surface area contributed by atoms with Gasteiger partial charge in [-0.15, -0.1) is 11.3 Å². The first kappa shape index (κ1) is 17.6. The van der Waals surface area contributed by atoms with E-state index in [2.05, 4.69) is 4.74 Å². The Kier molecular flexibility index (Phi) is 6.31. The van der Waals surface area contributed by atoms with Crippen molar-refractivity contribution >= 4 is 33.2 Å². The van der Waals surface area contributed by atoms with Crippen molar-refractivity contribution in [2.45, 2.75) is 24.7 Å². The van der Waals surface area contributed by atoms with Crippen LogP contribution >= 0.6 is 11.3 Å². The zero-order valence-electron chi connectivity index (χ0n) is 11.9. The Morgan fingerprint density at radius 1 is 1.43 bits per heavy atom. The van der Waals surface area contributed by atoms with Crippen LogP contribution in [0, 0.1) is 0 Å². The van der Waals surface area contributed by atoms with Crippen molar-refractivity contribution in [1.82, 2.24) is 4.31 Å². The Morgan fingerprint density at radius 3 is 2.62 bits per heavy atom. The number of amides is 1. The predicted molar refractivity (Wildman–Crippen MR) is 78.5 cm³/mol. The highest BCUT2D eigenvalue weighted by Gasteiger charge is 2.31. The Hall–Kier alpha value is -1.45. The molecule has 9 heteroatoms. The van der Waals surface area contributed by atoms with Gasteiger partial charge >= 0.3 is 5.97 Å². The molecule has 0 saturated heterocycles. The fourth-order valence-electron chi connectivity index (χ4n) is 1.67. The van der Waals surface area contributed by atoms with Crippen LogP contribution in [0.2, 0.25) is 0 Å². The van der Waals surface area contributed by atoms with Gasteiger partial charge in [0.2, 0.25) is 15.9 Å². The highest BCUT2D eigenvalue weighted by atomic mass is 32.2. The van der Waals surface area contributed by atoms with Crippen LogP contribution in [0.1, 0.15) is 29.4 Å². The summed E-state index contributed by atoms with van der Waals surface area (Å²) in [7, 11) is -2.79. The number of hydrogen-bond donors (Lipinski definition) is 1. The summed E-state index contributed by atoms with van der Waals surface area (Å²) in [6.45, 7) is 1.65. The van der Waals surface area contributed by atoms with E-state index in [1.165, 1.54) is 18.6 Å². The number of nitrogens with two attached hydrogens (primary N) is 1. The molecule has 1 amide bonds. The molecule has 0 aliphatic carbocycles.